The number of aromatic hydroxyl groups is 1. The highest BCUT2D eigenvalue weighted by atomic mass is 16.3. The number of nitrogens with one attached hydrogen (secondary N) is 1. The molecule has 1 heterocycles. The fourth-order valence-corrected chi connectivity index (χ4v) is 2.25. The normalized spacial score (nSPS) is 24.8. The minimum Gasteiger partial charge on any atom is -0.506 e. The molecule has 0 radical (unpaired) electrons. The van der Waals surface area contributed by atoms with E-state index in [2.05, 4.69) is 10.3 Å². The first kappa shape index (κ1) is 12.3. The highest BCUT2D eigenvalue weighted by molar-refractivity contribution is 5.27. The van der Waals surface area contributed by atoms with Gasteiger partial charge in [0.2, 0.25) is 0 Å². The molecule has 17 heavy (non-hydrogen) atoms. The molecule has 1 fully saturated rings. The van der Waals surface area contributed by atoms with Crippen molar-refractivity contribution in [3.63, 3.8) is 0 Å². The van der Waals surface area contributed by atoms with Crippen molar-refractivity contribution >= 4 is 0 Å². The van der Waals surface area contributed by atoms with Gasteiger partial charge < -0.3 is 15.5 Å². The molecule has 0 atom stereocenters. The first-order valence-corrected chi connectivity index (χ1v) is 6.22. The van der Waals surface area contributed by atoms with Crippen LogP contribution in [0.1, 0.15) is 37.1 Å². The van der Waals surface area contributed by atoms with Gasteiger partial charge in [0, 0.05) is 18.3 Å². The van der Waals surface area contributed by atoms with Crippen LogP contribution in [0, 0.1) is 6.92 Å². The summed E-state index contributed by atoms with van der Waals surface area (Å²) in [5.41, 5.74) is 1.62. The smallest absolute Gasteiger partial charge is 0.138 e. The summed E-state index contributed by atoms with van der Waals surface area (Å²) in [6.07, 6.45) is 3.59. The third-order valence-corrected chi connectivity index (χ3v) is 3.34. The molecule has 1 saturated carbocycles. The molecule has 0 amide bonds. The molecule has 0 saturated heterocycles. The lowest BCUT2D eigenvalue weighted by atomic mass is 9.93. The Bertz CT molecular complexity index is 374. The predicted octanol–water partition coefficient (Wildman–Crippen LogP) is 1.49. The summed E-state index contributed by atoms with van der Waals surface area (Å²) in [5.74, 6) is 0.249. The van der Waals surface area contributed by atoms with E-state index in [0.717, 1.165) is 31.4 Å². The SMILES string of the molecule is Cc1ccc(O)c(CNC2CCC(O)CC2)n1. The largest absolute Gasteiger partial charge is 0.506 e. The van der Waals surface area contributed by atoms with Crippen LogP contribution in [-0.2, 0) is 6.54 Å². The maximum atomic E-state index is 9.66. The number of nitrogens with zero attached hydrogens (tertiary/aromatic N) is 1. The van der Waals surface area contributed by atoms with Crippen LogP contribution in [0.2, 0.25) is 0 Å². The predicted molar refractivity (Wildman–Crippen MR) is 65.7 cm³/mol. The molecule has 94 valence electrons. The van der Waals surface area contributed by atoms with Crippen molar-refractivity contribution < 1.29 is 10.2 Å². The molecule has 0 spiro atoms. The Morgan fingerprint density at radius 3 is 2.71 bits per heavy atom. The summed E-state index contributed by atoms with van der Waals surface area (Å²) in [6.45, 7) is 2.51. The molecule has 2 rings (SSSR count). The summed E-state index contributed by atoms with van der Waals surface area (Å²) in [5, 5.41) is 22.5. The summed E-state index contributed by atoms with van der Waals surface area (Å²) in [7, 11) is 0. The molecule has 1 aromatic heterocycles. The van der Waals surface area contributed by atoms with Gasteiger partial charge in [0.05, 0.1) is 11.8 Å². The van der Waals surface area contributed by atoms with Gasteiger partial charge in [-0.2, -0.15) is 0 Å². The third kappa shape index (κ3) is 3.41. The number of aryl methyl sites for hydroxylation is 1. The van der Waals surface area contributed by atoms with E-state index in [1.54, 1.807) is 12.1 Å². The summed E-state index contributed by atoms with van der Waals surface area (Å²) < 4.78 is 0. The summed E-state index contributed by atoms with van der Waals surface area (Å²) in [6, 6.07) is 3.92. The van der Waals surface area contributed by atoms with Crippen molar-refractivity contribution in [3.05, 3.63) is 23.5 Å². The summed E-state index contributed by atoms with van der Waals surface area (Å²) >= 11 is 0. The molecule has 1 aliphatic carbocycles. The molecule has 0 aliphatic heterocycles. The van der Waals surface area contributed by atoms with Crippen molar-refractivity contribution in [2.24, 2.45) is 0 Å². The molecular weight excluding hydrogens is 216 g/mol. The van der Waals surface area contributed by atoms with Crippen LogP contribution in [0.25, 0.3) is 0 Å². The van der Waals surface area contributed by atoms with Gasteiger partial charge in [-0.15, -0.1) is 0 Å². The zero-order valence-corrected chi connectivity index (χ0v) is 10.2. The highest BCUT2D eigenvalue weighted by Crippen LogP contribution is 2.20. The number of rotatable bonds is 3. The Balaban J connectivity index is 1.87. The Morgan fingerprint density at radius 1 is 1.29 bits per heavy atom. The van der Waals surface area contributed by atoms with Gasteiger partial charge in [-0.05, 0) is 44.7 Å². The Kier molecular flexibility index (Phi) is 3.97. The van der Waals surface area contributed by atoms with Crippen LogP contribution in [-0.4, -0.2) is 27.3 Å². The van der Waals surface area contributed by atoms with Crippen molar-refractivity contribution in [3.8, 4) is 5.75 Å². The maximum absolute atomic E-state index is 9.66. The zero-order chi connectivity index (χ0) is 12.3. The van der Waals surface area contributed by atoms with Gasteiger partial charge in [0.25, 0.3) is 0 Å². The van der Waals surface area contributed by atoms with E-state index in [9.17, 15) is 10.2 Å². The van der Waals surface area contributed by atoms with E-state index >= 15 is 0 Å². The van der Waals surface area contributed by atoms with E-state index in [4.69, 9.17) is 0 Å². The second kappa shape index (κ2) is 5.47. The Morgan fingerprint density at radius 2 is 2.00 bits per heavy atom. The lowest BCUT2D eigenvalue weighted by Crippen LogP contribution is -2.34. The number of aliphatic hydroxyl groups is 1. The molecule has 0 unspecified atom stereocenters. The van der Waals surface area contributed by atoms with E-state index < -0.39 is 0 Å². The molecule has 0 aromatic carbocycles. The van der Waals surface area contributed by atoms with Gasteiger partial charge in [-0.25, -0.2) is 0 Å². The van der Waals surface area contributed by atoms with E-state index in [1.807, 2.05) is 6.92 Å². The molecule has 1 aliphatic rings. The summed E-state index contributed by atoms with van der Waals surface area (Å²) in [4.78, 5) is 4.31. The lowest BCUT2D eigenvalue weighted by molar-refractivity contribution is 0.116. The van der Waals surface area contributed by atoms with E-state index in [-0.39, 0.29) is 11.9 Å². The van der Waals surface area contributed by atoms with E-state index in [1.165, 1.54) is 0 Å². The fourth-order valence-electron chi connectivity index (χ4n) is 2.25. The van der Waals surface area contributed by atoms with Crippen molar-refractivity contribution in [1.82, 2.24) is 10.3 Å². The van der Waals surface area contributed by atoms with Crippen LogP contribution >= 0.6 is 0 Å². The highest BCUT2D eigenvalue weighted by Gasteiger charge is 2.19. The fraction of sp³-hybridized carbons (Fsp3) is 0.615. The Labute approximate surface area is 102 Å². The third-order valence-electron chi connectivity index (χ3n) is 3.34. The second-order valence-corrected chi connectivity index (χ2v) is 4.80. The van der Waals surface area contributed by atoms with E-state index in [0.29, 0.717) is 18.3 Å². The number of aromatic nitrogens is 1. The molecular formula is C13H20N2O2. The topological polar surface area (TPSA) is 65.4 Å². The first-order valence-electron chi connectivity index (χ1n) is 6.22. The Hall–Kier alpha value is -1.13. The number of aliphatic hydroxyl groups excluding tert-OH is 1. The van der Waals surface area contributed by atoms with Crippen LogP contribution < -0.4 is 5.32 Å². The standard InChI is InChI=1S/C13H20N2O2/c1-9-2-7-13(17)12(15-9)8-14-10-3-5-11(16)6-4-10/h2,7,10-11,14,16-17H,3-6,8H2,1H3. The quantitative estimate of drug-likeness (QED) is 0.744. The number of hydrogen-bond donors (Lipinski definition) is 3. The van der Waals surface area contributed by atoms with Crippen LogP contribution in [0.5, 0.6) is 5.75 Å². The van der Waals surface area contributed by atoms with Gasteiger partial charge in [0.1, 0.15) is 5.75 Å². The van der Waals surface area contributed by atoms with Crippen molar-refractivity contribution in [1.29, 1.82) is 0 Å². The van der Waals surface area contributed by atoms with Crippen molar-refractivity contribution in [2.75, 3.05) is 0 Å². The maximum Gasteiger partial charge on any atom is 0.138 e. The van der Waals surface area contributed by atoms with Gasteiger partial charge >= 0.3 is 0 Å². The second-order valence-electron chi connectivity index (χ2n) is 4.80. The van der Waals surface area contributed by atoms with Gasteiger partial charge in [-0.3, -0.25) is 4.98 Å². The number of hydrogen-bond acceptors (Lipinski definition) is 4. The molecule has 4 nitrogen and oxygen atoms in total. The average molecular weight is 236 g/mol. The molecule has 0 bridgehead atoms. The van der Waals surface area contributed by atoms with Crippen LogP contribution in [0.4, 0.5) is 0 Å². The monoisotopic (exact) mass is 236 g/mol. The average Bonchev–Trinajstić information content (AvgIpc) is 2.32. The minimum atomic E-state index is -0.126. The van der Waals surface area contributed by atoms with Gasteiger partial charge in [0.15, 0.2) is 0 Å². The molecule has 4 heteroatoms. The molecule has 1 aromatic rings. The lowest BCUT2D eigenvalue weighted by Gasteiger charge is -2.26. The zero-order valence-electron chi connectivity index (χ0n) is 10.2. The first-order chi connectivity index (χ1) is 8.15. The number of pyridine rings is 1. The molecule has 3 N–H and O–H groups in total. The minimum absolute atomic E-state index is 0.126. The van der Waals surface area contributed by atoms with Crippen LogP contribution in [0.15, 0.2) is 12.1 Å². The van der Waals surface area contributed by atoms with Crippen LogP contribution in [0.3, 0.4) is 0 Å². The van der Waals surface area contributed by atoms with Crippen molar-refractivity contribution in [2.45, 2.75) is 51.3 Å². The van der Waals surface area contributed by atoms with Gasteiger partial charge in [-0.1, -0.05) is 0 Å².